The fourth-order valence-electron chi connectivity index (χ4n) is 1.22. The Bertz CT molecular complexity index is 54.9. The molecule has 0 aliphatic rings. The van der Waals surface area contributed by atoms with E-state index in [-0.39, 0.29) is 0 Å². The zero-order valence-electron chi connectivity index (χ0n) is 6.78. The number of hydrogen-bond acceptors (Lipinski definition) is 0. The van der Waals surface area contributed by atoms with Gasteiger partial charge in [-0.05, 0) is 17.8 Å². The lowest BCUT2D eigenvalue weighted by Gasteiger charge is -2.19. The maximum absolute atomic E-state index is 2.28. The smallest absolute Gasteiger partial charge is 0.0380 e. The van der Waals surface area contributed by atoms with Crippen molar-refractivity contribution >= 4 is 0 Å². The van der Waals surface area contributed by atoms with Gasteiger partial charge in [0.1, 0.15) is 0 Å². The molecule has 0 saturated carbocycles. The normalized spacial score (nSPS) is 12.8. The summed E-state index contributed by atoms with van der Waals surface area (Å²) >= 11 is 0. The quantitative estimate of drug-likeness (QED) is 0.461. The third kappa shape index (κ3) is 6.00. The first kappa shape index (κ1) is 8.00. The highest BCUT2D eigenvalue weighted by Crippen LogP contribution is 2.23. The van der Waals surface area contributed by atoms with Crippen LogP contribution < -0.4 is 0 Å². The van der Waals surface area contributed by atoms with Gasteiger partial charge in [0, 0.05) is 0 Å². The van der Waals surface area contributed by atoms with E-state index in [2.05, 4.69) is 34.6 Å². The van der Waals surface area contributed by atoms with Crippen molar-refractivity contribution in [3.8, 4) is 0 Å². The van der Waals surface area contributed by atoms with Crippen LogP contribution in [0, 0.1) is 11.3 Å². The Morgan fingerprint density at radius 2 is 1.50 bits per heavy atom. The molecule has 0 saturated heterocycles. The van der Waals surface area contributed by atoms with Crippen molar-refractivity contribution in [2.75, 3.05) is 0 Å². The summed E-state index contributed by atoms with van der Waals surface area (Å²) in [5.41, 5.74) is 0.522. The topological polar surface area (TPSA) is 0 Å². The standard InChI is InChI=1S/C8H18/c1-7(2)6-8(3,4)5/h7H,6H2,1-5H3/i7+1. The van der Waals surface area contributed by atoms with Gasteiger partial charge in [-0.3, -0.25) is 0 Å². The molecule has 0 aromatic carbocycles. The van der Waals surface area contributed by atoms with Gasteiger partial charge in [0.15, 0.2) is 0 Å². The molecule has 0 aromatic heterocycles. The van der Waals surface area contributed by atoms with E-state index in [1.165, 1.54) is 6.42 Å². The molecular weight excluding hydrogens is 97.1 g/mol. The summed E-state index contributed by atoms with van der Waals surface area (Å²) in [4.78, 5) is 0. The average Bonchev–Trinajstić information content (AvgIpc) is 1.21. The molecule has 0 aliphatic carbocycles. The monoisotopic (exact) mass is 115 g/mol. The van der Waals surface area contributed by atoms with Crippen LogP contribution in [0.4, 0.5) is 0 Å². The first-order chi connectivity index (χ1) is 3.42. The second-order valence-electron chi connectivity index (χ2n) is 4.16. The average molecular weight is 115 g/mol. The molecule has 0 unspecified atom stereocenters. The molecule has 0 heterocycles. The van der Waals surface area contributed by atoms with Crippen LogP contribution in [-0.4, -0.2) is 0 Å². The fourth-order valence-corrected chi connectivity index (χ4v) is 1.22. The van der Waals surface area contributed by atoms with Gasteiger partial charge in [0.25, 0.3) is 0 Å². The van der Waals surface area contributed by atoms with Gasteiger partial charge in [-0.15, -0.1) is 0 Å². The van der Waals surface area contributed by atoms with Crippen molar-refractivity contribution < 1.29 is 0 Å². The Morgan fingerprint density at radius 1 is 1.12 bits per heavy atom. The highest BCUT2D eigenvalue weighted by atomic mass is 14.5. The van der Waals surface area contributed by atoms with E-state index >= 15 is 0 Å². The van der Waals surface area contributed by atoms with E-state index in [9.17, 15) is 0 Å². The molecular formula is C8H18. The van der Waals surface area contributed by atoms with E-state index in [0.717, 1.165) is 5.92 Å². The fraction of sp³-hybridized carbons (Fsp3) is 1.00. The lowest BCUT2D eigenvalue weighted by atomic mass is 9.94. The lowest BCUT2D eigenvalue weighted by Crippen LogP contribution is -2.08. The van der Waals surface area contributed by atoms with E-state index < -0.39 is 0 Å². The van der Waals surface area contributed by atoms with Crippen molar-refractivity contribution in [2.24, 2.45) is 11.3 Å². The van der Waals surface area contributed by atoms with E-state index in [4.69, 9.17) is 0 Å². The maximum atomic E-state index is 2.28. The summed E-state index contributed by atoms with van der Waals surface area (Å²) < 4.78 is 0. The summed E-state index contributed by atoms with van der Waals surface area (Å²) in [6.07, 6.45) is 1.33. The Morgan fingerprint density at radius 3 is 1.50 bits per heavy atom. The van der Waals surface area contributed by atoms with Crippen LogP contribution in [0.3, 0.4) is 0 Å². The first-order valence-corrected chi connectivity index (χ1v) is 3.42. The van der Waals surface area contributed by atoms with Crippen LogP contribution in [0.2, 0.25) is 0 Å². The summed E-state index contributed by atoms with van der Waals surface area (Å²) in [6.45, 7) is 11.4. The highest BCUT2D eigenvalue weighted by molar-refractivity contribution is 4.62. The van der Waals surface area contributed by atoms with E-state index in [1.54, 1.807) is 0 Å². The Kier molecular flexibility index (Phi) is 2.52. The van der Waals surface area contributed by atoms with Gasteiger partial charge in [0.2, 0.25) is 0 Å². The molecule has 0 nitrogen and oxygen atoms in total. The Labute approximate surface area is 53.3 Å². The molecule has 0 bridgehead atoms. The molecule has 0 radical (unpaired) electrons. The summed E-state index contributed by atoms with van der Waals surface area (Å²) in [5, 5.41) is 0. The van der Waals surface area contributed by atoms with Crippen LogP contribution in [-0.2, 0) is 0 Å². The molecule has 8 heavy (non-hydrogen) atoms. The minimum absolute atomic E-state index is 0.522. The van der Waals surface area contributed by atoms with Crippen LogP contribution in [0.1, 0.15) is 41.0 Å². The third-order valence-electron chi connectivity index (χ3n) is 1.02. The molecule has 50 valence electrons. The highest BCUT2D eigenvalue weighted by Gasteiger charge is 2.11. The van der Waals surface area contributed by atoms with Crippen molar-refractivity contribution in [3.63, 3.8) is 0 Å². The van der Waals surface area contributed by atoms with E-state index in [0.29, 0.717) is 5.41 Å². The molecule has 0 amide bonds. The predicted octanol–water partition coefficient (Wildman–Crippen LogP) is 3.08. The van der Waals surface area contributed by atoms with Gasteiger partial charge in [-0.1, -0.05) is 34.6 Å². The molecule has 0 N–H and O–H groups in total. The summed E-state index contributed by atoms with van der Waals surface area (Å²) in [5.74, 6) is 0.843. The summed E-state index contributed by atoms with van der Waals surface area (Å²) in [7, 11) is 0. The van der Waals surface area contributed by atoms with Crippen LogP contribution in [0.25, 0.3) is 0 Å². The number of hydrogen-bond donors (Lipinski definition) is 0. The molecule has 0 heteroatoms. The minimum Gasteiger partial charge on any atom is -0.0628 e. The van der Waals surface area contributed by atoms with Gasteiger partial charge in [-0.25, -0.2) is 0 Å². The maximum Gasteiger partial charge on any atom is -0.0380 e. The molecule has 0 spiro atoms. The molecule has 0 rings (SSSR count). The zero-order valence-corrected chi connectivity index (χ0v) is 6.78. The van der Waals surface area contributed by atoms with Gasteiger partial charge in [-0.2, -0.15) is 0 Å². The second kappa shape index (κ2) is 2.52. The number of rotatable bonds is 1. The minimum atomic E-state index is 0.522. The van der Waals surface area contributed by atoms with Crippen molar-refractivity contribution in [1.29, 1.82) is 0 Å². The molecule has 0 fully saturated rings. The lowest BCUT2D eigenvalue weighted by molar-refractivity contribution is 0.320. The van der Waals surface area contributed by atoms with E-state index in [1.807, 2.05) is 0 Å². The first-order valence-electron chi connectivity index (χ1n) is 3.42. The predicted molar refractivity (Wildman–Crippen MR) is 38.9 cm³/mol. The Balaban J connectivity index is 3.39. The Hall–Kier alpha value is 0. The van der Waals surface area contributed by atoms with Gasteiger partial charge in [0.05, 0.1) is 0 Å². The molecule has 0 aliphatic heterocycles. The second-order valence-corrected chi connectivity index (χ2v) is 4.16. The van der Waals surface area contributed by atoms with Crippen LogP contribution in [0.5, 0.6) is 0 Å². The summed E-state index contributed by atoms with van der Waals surface area (Å²) in [6, 6.07) is 0. The molecule has 0 atom stereocenters. The third-order valence-corrected chi connectivity index (χ3v) is 1.02. The van der Waals surface area contributed by atoms with Gasteiger partial charge >= 0.3 is 0 Å². The van der Waals surface area contributed by atoms with Crippen molar-refractivity contribution in [2.45, 2.75) is 41.0 Å². The van der Waals surface area contributed by atoms with Crippen LogP contribution >= 0.6 is 0 Å². The largest absolute Gasteiger partial charge is 0.0628 e. The van der Waals surface area contributed by atoms with Crippen LogP contribution in [0.15, 0.2) is 0 Å². The van der Waals surface area contributed by atoms with Crippen molar-refractivity contribution in [3.05, 3.63) is 0 Å². The molecule has 0 aromatic rings. The SMILES string of the molecule is C[13CH](C)CC(C)(C)C. The van der Waals surface area contributed by atoms with Crippen molar-refractivity contribution in [1.82, 2.24) is 0 Å². The van der Waals surface area contributed by atoms with Gasteiger partial charge < -0.3 is 0 Å². The zero-order chi connectivity index (χ0) is 6.78.